The number of fused-ring (bicyclic) bond motifs is 2. The first kappa shape index (κ1) is 35.5. The minimum atomic E-state index is -1.33. The number of piperidine rings is 1. The minimum absolute atomic E-state index is 0.0422. The zero-order valence-electron chi connectivity index (χ0n) is 28.4. The van der Waals surface area contributed by atoms with E-state index in [1.54, 1.807) is 23.6 Å². The van der Waals surface area contributed by atoms with Gasteiger partial charge in [0.05, 0.1) is 11.1 Å². The van der Waals surface area contributed by atoms with E-state index in [-0.39, 0.29) is 41.8 Å². The largest absolute Gasteiger partial charge is 0.508 e. The molecule has 54 heavy (non-hydrogen) atoms. The van der Waals surface area contributed by atoms with Gasteiger partial charge in [-0.15, -0.1) is 11.3 Å². The topological polar surface area (TPSA) is 173 Å². The first-order valence-corrected chi connectivity index (χ1v) is 18.8. The van der Waals surface area contributed by atoms with Crippen LogP contribution in [0.2, 0.25) is 0 Å². The fourth-order valence-electron chi connectivity index (χ4n) is 7.43. The van der Waals surface area contributed by atoms with Crippen molar-refractivity contribution in [1.29, 1.82) is 0 Å². The average Bonchev–Trinajstić information content (AvgIpc) is 3.84. The summed E-state index contributed by atoms with van der Waals surface area (Å²) < 4.78 is 15.0. The highest BCUT2D eigenvalue weighted by molar-refractivity contribution is 9.10. The van der Waals surface area contributed by atoms with Crippen molar-refractivity contribution in [3.63, 3.8) is 0 Å². The van der Waals surface area contributed by atoms with Crippen molar-refractivity contribution in [2.24, 2.45) is 0 Å². The maximum atomic E-state index is 14.4. The zero-order chi connectivity index (χ0) is 37.8. The SMILES string of the molecule is O=C1CCC(N2C(=O)c3cc(Br)c(CN4CCN(c5ccc6c(c5)C(=O)N(C(C(=O)Nc5nccs5)c5cc(F)ccc5O)C6)CC4)cc3C2=O)C(=O)N1. The number of anilines is 2. The molecule has 4 aliphatic heterocycles. The molecule has 17 heteroatoms. The Hall–Kier alpha value is -5.52. The maximum absolute atomic E-state index is 14.4. The van der Waals surface area contributed by atoms with Crippen molar-refractivity contribution >= 4 is 73.5 Å². The second-order valence-electron chi connectivity index (χ2n) is 13.4. The summed E-state index contributed by atoms with van der Waals surface area (Å²) in [6.07, 6.45) is 1.64. The number of piperazine rings is 1. The van der Waals surface area contributed by atoms with Gasteiger partial charge < -0.3 is 14.9 Å². The molecule has 5 heterocycles. The Kier molecular flexibility index (Phi) is 9.23. The second kappa shape index (κ2) is 14.0. The van der Waals surface area contributed by atoms with E-state index in [2.05, 4.69) is 41.3 Å². The standard InChI is InChI=1S/C37H31BrFN7O7S/c38-27-16-25-24(35(52)46(36(25)53)28-4-6-30(48)41-32(28)49)13-20(27)17-43-8-10-44(11-9-43)22-3-1-19-18-45(34(51)23(19)15-22)31(26-14-21(39)2-5-29(26)47)33(50)42-37-40-7-12-54-37/h1-3,5,7,12-16,28,31,47H,4,6,8-11,17-18H2,(H,40,42,50)(H,41,48,49). The summed E-state index contributed by atoms with van der Waals surface area (Å²) in [4.78, 5) is 88.9. The van der Waals surface area contributed by atoms with E-state index >= 15 is 0 Å². The molecule has 4 aliphatic rings. The number of phenols is 1. The number of amides is 6. The van der Waals surface area contributed by atoms with Gasteiger partial charge in [0.2, 0.25) is 11.8 Å². The van der Waals surface area contributed by atoms with E-state index in [9.17, 15) is 38.3 Å². The molecular weight excluding hydrogens is 785 g/mol. The number of aromatic hydroxyl groups is 1. The molecule has 0 spiro atoms. The molecule has 2 atom stereocenters. The van der Waals surface area contributed by atoms with Crippen molar-refractivity contribution < 1.29 is 38.3 Å². The van der Waals surface area contributed by atoms with Crippen LogP contribution in [0, 0.1) is 5.82 Å². The van der Waals surface area contributed by atoms with Crippen LogP contribution in [-0.4, -0.2) is 92.5 Å². The fourth-order valence-corrected chi connectivity index (χ4v) is 8.43. The number of thiazole rings is 1. The van der Waals surface area contributed by atoms with Gasteiger partial charge in [0.25, 0.3) is 23.6 Å². The van der Waals surface area contributed by atoms with E-state index < -0.39 is 53.3 Å². The quantitative estimate of drug-likeness (QED) is 0.222. The molecule has 0 radical (unpaired) electrons. The molecule has 0 saturated carbocycles. The van der Waals surface area contributed by atoms with Crippen LogP contribution in [0.5, 0.6) is 5.75 Å². The molecule has 6 amide bonds. The highest BCUT2D eigenvalue weighted by Crippen LogP contribution is 2.38. The summed E-state index contributed by atoms with van der Waals surface area (Å²) in [5.74, 6) is -4.28. The number of hydrogen-bond acceptors (Lipinski definition) is 11. The average molecular weight is 817 g/mol. The van der Waals surface area contributed by atoms with Crippen molar-refractivity contribution in [1.82, 2.24) is 25.0 Å². The smallest absolute Gasteiger partial charge is 0.262 e. The minimum Gasteiger partial charge on any atom is -0.508 e. The van der Waals surface area contributed by atoms with Gasteiger partial charge in [0.15, 0.2) is 5.13 Å². The Bertz CT molecular complexity index is 2260. The van der Waals surface area contributed by atoms with Gasteiger partial charge in [-0.2, -0.15) is 0 Å². The van der Waals surface area contributed by atoms with Crippen LogP contribution in [0.1, 0.15) is 66.6 Å². The summed E-state index contributed by atoms with van der Waals surface area (Å²) in [7, 11) is 0. The molecule has 14 nitrogen and oxygen atoms in total. The van der Waals surface area contributed by atoms with Crippen molar-refractivity contribution in [3.05, 3.63) is 104 Å². The highest BCUT2D eigenvalue weighted by Gasteiger charge is 2.45. The second-order valence-corrected chi connectivity index (χ2v) is 15.2. The van der Waals surface area contributed by atoms with Gasteiger partial charge >= 0.3 is 0 Å². The molecule has 0 aliphatic carbocycles. The highest BCUT2D eigenvalue weighted by atomic mass is 79.9. The number of benzene rings is 3. The lowest BCUT2D eigenvalue weighted by Crippen LogP contribution is -2.54. The first-order valence-electron chi connectivity index (χ1n) is 17.1. The lowest BCUT2D eigenvalue weighted by Gasteiger charge is -2.36. The van der Waals surface area contributed by atoms with Crippen LogP contribution in [0.25, 0.3) is 0 Å². The van der Waals surface area contributed by atoms with Gasteiger partial charge in [0.1, 0.15) is 23.7 Å². The monoisotopic (exact) mass is 815 g/mol. The molecule has 2 fully saturated rings. The van der Waals surface area contributed by atoms with Gasteiger partial charge in [-0.25, -0.2) is 9.37 Å². The molecule has 1 aromatic heterocycles. The normalized spacial score (nSPS) is 19.3. The third kappa shape index (κ3) is 6.41. The summed E-state index contributed by atoms with van der Waals surface area (Å²) >= 11 is 4.75. The third-order valence-corrected chi connectivity index (χ3v) is 11.6. The van der Waals surface area contributed by atoms with Gasteiger partial charge in [-0.1, -0.05) is 22.0 Å². The Labute approximate surface area is 319 Å². The Balaban J connectivity index is 0.948. The Morgan fingerprint density at radius 3 is 2.46 bits per heavy atom. The Morgan fingerprint density at radius 1 is 0.981 bits per heavy atom. The summed E-state index contributed by atoms with van der Waals surface area (Å²) in [5, 5.41) is 17.5. The lowest BCUT2D eigenvalue weighted by atomic mass is 10.0. The fraction of sp³-hybridized carbons (Fsp3) is 0.270. The number of nitrogens with zero attached hydrogens (tertiary/aromatic N) is 5. The van der Waals surface area contributed by atoms with Crippen LogP contribution in [-0.2, 0) is 27.5 Å². The number of carbonyl (C=O) groups is 6. The van der Waals surface area contributed by atoms with E-state index in [1.807, 2.05) is 12.1 Å². The molecule has 4 aromatic rings. The molecule has 8 rings (SSSR count). The first-order chi connectivity index (χ1) is 26.0. The predicted molar refractivity (Wildman–Crippen MR) is 196 cm³/mol. The number of halogens is 2. The van der Waals surface area contributed by atoms with Crippen LogP contribution < -0.4 is 15.5 Å². The number of aromatic nitrogens is 1. The summed E-state index contributed by atoms with van der Waals surface area (Å²) in [5.41, 5.74) is 3.09. The van der Waals surface area contributed by atoms with Gasteiger partial charge in [0, 0.05) is 78.6 Å². The van der Waals surface area contributed by atoms with E-state index in [0.717, 1.165) is 34.3 Å². The number of phenolic OH excluding ortho intramolecular Hbond substituents is 1. The molecular formula is C37H31BrFN7O7S. The van der Waals surface area contributed by atoms with Crippen LogP contribution in [0.15, 0.2) is 64.6 Å². The molecule has 0 bridgehead atoms. The maximum Gasteiger partial charge on any atom is 0.262 e. The van der Waals surface area contributed by atoms with Crippen LogP contribution in [0.3, 0.4) is 0 Å². The van der Waals surface area contributed by atoms with E-state index in [1.165, 1.54) is 22.4 Å². The van der Waals surface area contributed by atoms with Crippen molar-refractivity contribution in [3.8, 4) is 5.75 Å². The number of rotatable bonds is 8. The Morgan fingerprint density at radius 2 is 1.74 bits per heavy atom. The van der Waals surface area contributed by atoms with Gasteiger partial charge in [-0.05, 0) is 60.0 Å². The van der Waals surface area contributed by atoms with Gasteiger partial charge in [-0.3, -0.25) is 49.2 Å². The van der Waals surface area contributed by atoms with E-state index in [4.69, 9.17) is 0 Å². The third-order valence-electron chi connectivity index (χ3n) is 10.2. The van der Waals surface area contributed by atoms with Crippen LogP contribution >= 0.6 is 27.3 Å². The number of nitrogens with one attached hydrogen (secondary N) is 2. The summed E-state index contributed by atoms with van der Waals surface area (Å²) in [6.45, 7) is 3.09. The zero-order valence-corrected chi connectivity index (χ0v) is 30.8. The van der Waals surface area contributed by atoms with E-state index in [0.29, 0.717) is 53.5 Å². The lowest BCUT2D eigenvalue weighted by molar-refractivity contribution is -0.136. The molecule has 2 saturated heterocycles. The molecule has 276 valence electrons. The molecule has 3 N–H and O–H groups in total. The molecule has 3 aromatic carbocycles. The number of imide groups is 2. The van der Waals surface area contributed by atoms with Crippen molar-refractivity contribution in [2.45, 2.75) is 38.0 Å². The number of hydrogen-bond donors (Lipinski definition) is 3. The predicted octanol–water partition coefficient (Wildman–Crippen LogP) is 3.81. The van der Waals surface area contributed by atoms with Crippen molar-refractivity contribution in [2.75, 3.05) is 36.4 Å². The number of carbonyl (C=O) groups excluding carboxylic acids is 6. The molecule has 2 unspecified atom stereocenters. The van der Waals surface area contributed by atoms with Crippen LogP contribution in [0.4, 0.5) is 15.2 Å². The summed E-state index contributed by atoms with van der Waals surface area (Å²) in [6, 6.07) is 9.76.